The van der Waals surface area contributed by atoms with E-state index in [4.69, 9.17) is 9.47 Å². The number of nitrogens with one attached hydrogen (secondary N) is 1. The van der Waals surface area contributed by atoms with E-state index in [1.54, 1.807) is 6.20 Å². The number of para-hydroxylation sites is 1. The summed E-state index contributed by atoms with van der Waals surface area (Å²) >= 11 is 3.45. The van der Waals surface area contributed by atoms with Gasteiger partial charge in [-0.3, -0.25) is 4.79 Å². The van der Waals surface area contributed by atoms with Gasteiger partial charge in [0.1, 0.15) is 5.82 Å². The number of hydrogen-bond acceptors (Lipinski definition) is 5. The molecule has 0 spiro atoms. The molecule has 0 saturated heterocycles. The molecule has 2 aromatic carbocycles. The van der Waals surface area contributed by atoms with Gasteiger partial charge in [0.15, 0.2) is 16.9 Å². The van der Waals surface area contributed by atoms with E-state index in [2.05, 4.69) is 30.8 Å². The zero-order chi connectivity index (χ0) is 20.2. The first-order valence-corrected chi connectivity index (χ1v) is 10.4. The summed E-state index contributed by atoms with van der Waals surface area (Å²) in [5, 5.41) is 0.700. The first-order chi connectivity index (χ1) is 14.7. The number of H-pyrrole nitrogens is 1. The van der Waals surface area contributed by atoms with Crippen molar-refractivity contribution in [2.45, 2.75) is 12.6 Å². The quantitative estimate of drug-likeness (QED) is 0.475. The van der Waals surface area contributed by atoms with Crippen LogP contribution in [-0.2, 0) is 6.54 Å². The first-order valence-electron chi connectivity index (χ1n) is 9.60. The van der Waals surface area contributed by atoms with E-state index < -0.39 is 0 Å². The Hall–Kier alpha value is -3.32. The number of halogens is 1. The van der Waals surface area contributed by atoms with Crippen LogP contribution in [0.5, 0.6) is 11.5 Å². The van der Waals surface area contributed by atoms with E-state index in [-0.39, 0.29) is 18.3 Å². The van der Waals surface area contributed by atoms with Crippen LogP contribution in [0.15, 0.2) is 70.1 Å². The maximum Gasteiger partial charge on any atom is 0.231 e. The van der Waals surface area contributed by atoms with Crippen LogP contribution in [-0.4, -0.2) is 16.8 Å². The van der Waals surface area contributed by atoms with Crippen LogP contribution in [0, 0.1) is 0 Å². The van der Waals surface area contributed by atoms with E-state index >= 15 is 0 Å². The molecule has 0 saturated carbocycles. The molecule has 1 unspecified atom stereocenters. The van der Waals surface area contributed by atoms with Crippen molar-refractivity contribution in [1.29, 1.82) is 0 Å². The summed E-state index contributed by atoms with van der Waals surface area (Å²) in [5.74, 6) is 2.25. The highest BCUT2D eigenvalue weighted by atomic mass is 79.9. The maximum absolute atomic E-state index is 13.3. The smallest absolute Gasteiger partial charge is 0.231 e. The van der Waals surface area contributed by atoms with Gasteiger partial charge in [-0.2, -0.15) is 0 Å². The molecular formula is C23H16BrN3O3. The van der Waals surface area contributed by atoms with Crippen molar-refractivity contribution in [1.82, 2.24) is 9.97 Å². The highest BCUT2D eigenvalue weighted by Crippen LogP contribution is 2.43. The lowest BCUT2D eigenvalue weighted by Crippen LogP contribution is -2.23. The molecule has 6 nitrogen and oxygen atoms in total. The number of aromatic amines is 1. The van der Waals surface area contributed by atoms with E-state index in [0.29, 0.717) is 17.7 Å². The van der Waals surface area contributed by atoms with Gasteiger partial charge in [0.05, 0.1) is 18.3 Å². The summed E-state index contributed by atoms with van der Waals surface area (Å²) in [5.41, 5.74) is 3.55. The molecule has 0 amide bonds. The Morgan fingerprint density at radius 3 is 2.80 bits per heavy atom. The third-order valence-electron chi connectivity index (χ3n) is 5.67. The molecule has 1 N–H and O–H groups in total. The van der Waals surface area contributed by atoms with Gasteiger partial charge in [-0.15, -0.1) is 0 Å². The lowest BCUT2D eigenvalue weighted by molar-refractivity contribution is 0.174. The fraction of sp³-hybridized carbons (Fsp3) is 0.130. The Bertz CT molecular complexity index is 1350. The third-order valence-corrected chi connectivity index (χ3v) is 6.14. The fourth-order valence-corrected chi connectivity index (χ4v) is 4.52. The summed E-state index contributed by atoms with van der Waals surface area (Å²) in [7, 11) is 0. The van der Waals surface area contributed by atoms with Gasteiger partial charge < -0.3 is 19.4 Å². The van der Waals surface area contributed by atoms with Gasteiger partial charge >= 0.3 is 0 Å². The molecule has 7 heteroatoms. The molecule has 0 fully saturated rings. The number of fused-ring (bicyclic) bond motifs is 3. The predicted molar refractivity (Wildman–Crippen MR) is 117 cm³/mol. The lowest BCUT2D eigenvalue weighted by Gasteiger charge is -2.26. The molecule has 2 aromatic heterocycles. The van der Waals surface area contributed by atoms with Crippen molar-refractivity contribution in [3.8, 4) is 11.5 Å². The normalized spacial score (nSPS) is 16.8. The Labute approximate surface area is 180 Å². The van der Waals surface area contributed by atoms with Crippen LogP contribution in [0.25, 0.3) is 10.9 Å². The van der Waals surface area contributed by atoms with Crippen LogP contribution < -0.4 is 19.8 Å². The second-order valence-corrected chi connectivity index (χ2v) is 8.29. The molecule has 6 rings (SSSR count). The minimum absolute atomic E-state index is 0.0599. The number of pyridine rings is 2. The first kappa shape index (κ1) is 17.5. The summed E-state index contributed by atoms with van der Waals surface area (Å²) in [6, 6.07) is 17.3. The minimum Gasteiger partial charge on any atom is -0.454 e. The number of ether oxygens (including phenoxy) is 2. The molecule has 0 radical (unpaired) electrons. The maximum atomic E-state index is 13.3. The second-order valence-electron chi connectivity index (χ2n) is 7.37. The number of benzene rings is 2. The van der Waals surface area contributed by atoms with Crippen molar-refractivity contribution in [2.75, 3.05) is 11.7 Å². The van der Waals surface area contributed by atoms with Gasteiger partial charge in [0, 0.05) is 27.1 Å². The Morgan fingerprint density at radius 2 is 1.93 bits per heavy atom. The molecule has 0 aliphatic carbocycles. The number of rotatable bonds is 2. The van der Waals surface area contributed by atoms with Crippen molar-refractivity contribution in [3.63, 3.8) is 0 Å². The van der Waals surface area contributed by atoms with Gasteiger partial charge in [-0.1, -0.05) is 18.2 Å². The number of anilines is 1. The summed E-state index contributed by atoms with van der Waals surface area (Å²) < 4.78 is 12.0. The largest absolute Gasteiger partial charge is 0.454 e. The highest BCUT2D eigenvalue weighted by Gasteiger charge is 2.36. The molecular weight excluding hydrogens is 446 g/mol. The van der Waals surface area contributed by atoms with Crippen LogP contribution in [0.1, 0.15) is 22.9 Å². The van der Waals surface area contributed by atoms with E-state index in [0.717, 1.165) is 38.4 Å². The van der Waals surface area contributed by atoms with E-state index in [1.165, 1.54) is 0 Å². The van der Waals surface area contributed by atoms with Crippen LogP contribution in [0.2, 0.25) is 0 Å². The minimum atomic E-state index is -0.194. The highest BCUT2D eigenvalue weighted by molar-refractivity contribution is 9.10. The number of hydrogen-bond donors (Lipinski definition) is 1. The van der Waals surface area contributed by atoms with Gasteiger partial charge in [-0.05, 0) is 57.9 Å². The standard InChI is InChI=1S/C23H16BrN3O3/c24-14-6-8-20(25-10-14)27-11-16-21(26-17-4-2-1-3-15(17)23(16)28)22(27)13-5-7-18-19(9-13)30-12-29-18/h1-10,22H,11-12H2,(H,26,28). The fourth-order valence-electron chi connectivity index (χ4n) is 4.28. The second kappa shape index (κ2) is 6.60. The lowest BCUT2D eigenvalue weighted by atomic mass is 10.0. The van der Waals surface area contributed by atoms with Crippen LogP contribution >= 0.6 is 15.9 Å². The van der Waals surface area contributed by atoms with E-state index in [1.807, 2.05) is 54.6 Å². The van der Waals surface area contributed by atoms with Crippen molar-refractivity contribution < 1.29 is 9.47 Å². The van der Waals surface area contributed by atoms with Gasteiger partial charge in [0.2, 0.25) is 6.79 Å². The monoisotopic (exact) mass is 461 g/mol. The van der Waals surface area contributed by atoms with E-state index in [9.17, 15) is 4.79 Å². The predicted octanol–water partition coefficient (Wildman–Crippen LogP) is 4.52. The molecule has 4 aromatic rings. The van der Waals surface area contributed by atoms with Gasteiger partial charge in [0.25, 0.3) is 0 Å². The van der Waals surface area contributed by atoms with Gasteiger partial charge in [-0.25, -0.2) is 4.98 Å². The molecule has 30 heavy (non-hydrogen) atoms. The van der Waals surface area contributed by atoms with Crippen molar-refractivity contribution in [2.24, 2.45) is 0 Å². The zero-order valence-electron chi connectivity index (χ0n) is 15.8. The molecule has 0 bridgehead atoms. The topological polar surface area (TPSA) is 67.5 Å². The average molecular weight is 462 g/mol. The average Bonchev–Trinajstić information content (AvgIpc) is 3.38. The zero-order valence-corrected chi connectivity index (χ0v) is 17.3. The molecule has 2 aliphatic heterocycles. The molecule has 148 valence electrons. The summed E-state index contributed by atoms with van der Waals surface area (Å²) in [4.78, 5) is 23.6. The summed E-state index contributed by atoms with van der Waals surface area (Å²) in [6.45, 7) is 0.697. The van der Waals surface area contributed by atoms with Crippen molar-refractivity contribution >= 4 is 32.7 Å². The third kappa shape index (κ3) is 2.62. The van der Waals surface area contributed by atoms with Crippen molar-refractivity contribution in [3.05, 3.63) is 92.3 Å². The Morgan fingerprint density at radius 1 is 1.07 bits per heavy atom. The summed E-state index contributed by atoms with van der Waals surface area (Å²) in [6.07, 6.45) is 1.77. The number of aromatic nitrogens is 2. The number of nitrogens with zero attached hydrogens (tertiary/aromatic N) is 2. The molecule has 4 heterocycles. The Kier molecular flexibility index (Phi) is 3.86. The van der Waals surface area contributed by atoms with Crippen LogP contribution in [0.4, 0.5) is 5.82 Å². The van der Waals surface area contributed by atoms with Crippen LogP contribution in [0.3, 0.4) is 0 Å². The molecule has 2 aliphatic rings. The molecule has 1 atom stereocenters. The SMILES string of the molecule is O=c1c2c([nH]c3ccccc13)C(c1ccc3c(c1)OCO3)N(c1ccc(Br)cn1)C2. The Balaban J connectivity index is 1.58.